The highest BCUT2D eigenvalue weighted by atomic mass is 16.5. The van der Waals surface area contributed by atoms with Gasteiger partial charge in [0.2, 0.25) is 0 Å². The van der Waals surface area contributed by atoms with Gasteiger partial charge in [0.05, 0.1) is 18.9 Å². The van der Waals surface area contributed by atoms with Gasteiger partial charge in [-0.05, 0) is 111 Å². The molecule has 0 spiro atoms. The first kappa shape index (κ1) is 28.9. The largest absolute Gasteiger partial charge is 0.466 e. The zero-order valence-corrected chi connectivity index (χ0v) is 25.8. The third-order valence-corrected chi connectivity index (χ3v) is 12.5. The molecule has 0 radical (unpaired) electrons. The van der Waals surface area contributed by atoms with Crippen molar-refractivity contribution in [2.24, 2.45) is 58.2 Å². The van der Waals surface area contributed by atoms with Gasteiger partial charge in [0.15, 0.2) is 0 Å². The van der Waals surface area contributed by atoms with Gasteiger partial charge in [0, 0.05) is 18.3 Å². The molecule has 39 heavy (non-hydrogen) atoms. The second-order valence-corrected chi connectivity index (χ2v) is 14.9. The summed E-state index contributed by atoms with van der Waals surface area (Å²) in [6, 6.07) is 0. The van der Waals surface area contributed by atoms with Gasteiger partial charge in [-0.15, -0.1) is 0 Å². The van der Waals surface area contributed by atoms with Gasteiger partial charge in [-0.3, -0.25) is 4.79 Å². The van der Waals surface area contributed by atoms with E-state index in [9.17, 15) is 4.79 Å². The van der Waals surface area contributed by atoms with Crippen LogP contribution in [0, 0.1) is 58.2 Å². The number of rotatable bonds is 10. The van der Waals surface area contributed by atoms with E-state index >= 15 is 0 Å². The lowest BCUT2D eigenvalue weighted by molar-refractivity contribution is -0.150. The molecule has 3 fully saturated rings. The Kier molecular flexibility index (Phi) is 8.70. The van der Waals surface area contributed by atoms with Gasteiger partial charge >= 0.3 is 5.97 Å². The van der Waals surface area contributed by atoms with Crippen LogP contribution >= 0.6 is 0 Å². The summed E-state index contributed by atoms with van der Waals surface area (Å²) >= 11 is 0. The van der Waals surface area contributed by atoms with E-state index in [1.165, 1.54) is 57.8 Å². The standard InChI is InChI=1S/C35H56N2O2/c1-7-39-33(38)29(20-27-21-36-22-37-27)25-15-17-34(5)26(19-25)11-12-28-31-14-13-30(24(4)10-8-9-23(2)3)35(31,6)18-16-32(28)34/h11,21-25,28-32H,7-10,12-20H2,1-6H3,(H,36,37)/t24-,25+,28?,29?,30-,31?,32?,34+,35-/m1/s1. The predicted octanol–water partition coefficient (Wildman–Crippen LogP) is 8.79. The van der Waals surface area contributed by atoms with Gasteiger partial charge in [-0.25, -0.2) is 4.98 Å². The summed E-state index contributed by atoms with van der Waals surface area (Å²) in [7, 11) is 0. The van der Waals surface area contributed by atoms with Gasteiger partial charge in [-0.2, -0.15) is 0 Å². The number of imidazole rings is 1. The van der Waals surface area contributed by atoms with E-state index in [2.05, 4.69) is 50.7 Å². The summed E-state index contributed by atoms with van der Waals surface area (Å²) in [6.45, 7) is 15.0. The molecule has 4 aliphatic rings. The van der Waals surface area contributed by atoms with Gasteiger partial charge < -0.3 is 9.72 Å². The fourth-order valence-corrected chi connectivity index (χ4v) is 10.4. The molecule has 1 N–H and O–H groups in total. The maximum Gasteiger partial charge on any atom is 0.309 e. The van der Waals surface area contributed by atoms with Crippen molar-refractivity contribution in [1.82, 2.24) is 9.97 Å². The highest BCUT2D eigenvalue weighted by Crippen LogP contribution is 2.67. The molecule has 5 rings (SSSR count). The molecule has 3 saturated carbocycles. The Morgan fingerprint density at radius 3 is 2.64 bits per heavy atom. The maximum atomic E-state index is 13.1. The number of H-pyrrole nitrogens is 1. The third kappa shape index (κ3) is 5.52. The minimum Gasteiger partial charge on any atom is -0.466 e. The lowest BCUT2D eigenvalue weighted by Gasteiger charge is -2.59. The van der Waals surface area contributed by atoms with Crippen molar-refractivity contribution < 1.29 is 9.53 Å². The van der Waals surface area contributed by atoms with E-state index in [-0.39, 0.29) is 11.9 Å². The fourth-order valence-electron chi connectivity index (χ4n) is 10.4. The number of aromatic nitrogens is 2. The summed E-state index contributed by atoms with van der Waals surface area (Å²) in [4.78, 5) is 20.5. The zero-order chi connectivity index (χ0) is 27.8. The van der Waals surface area contributed by atoms with Crippen molar-refractivity contribution in [3.05, 3.63) is 29.9 Å². The first-order chi connectivity index (χ1) is 18.7. The van der Waals surface area contributed by atoms with Gasteiger partial charge in [0.25, 0.3) is 0 Å². The molecular weight excluding hydrogens is 480 g/mol. The molecule has 4 unspecified atom stereocenters. The summed E-state index contributed by atoms with van der Waals surface area (Å²) in [5, 5.41) is 0. The average Bonchev–Trinajstić information content (AvgIpc) is 3.54. The van der Waals surface area contributed by atoms with Crippen molar-refractivity contribution >= 4 is 5.97 Å². The Labute approximate surface area is 238 Å². The number of allylic oxidation sites excluding steroid dienone is 2. The smallest absolute Gasteiger partial charge is 0.309 e. The third-order valence-electron chi connectivity index (χ3n) is 12.5. The van der Waals surface area contributed by atoms with E-state index in [4.69, 9.17) is 4.74 Å². The molecule has 1 aromatic rings. The van der Waals surface area contributed by atoms with Crippen molar-refractivity contribution in [2.75, 3.05) is 6.61 Å². The van der Waals surface area contributed by atoms with Crippen LogP contribution in [0.25, 0.3) is 0 Å². The van der Waals surface area contributed by atoms with E-state index in [0.717, 1.165) is 54.0 Å². The normalized spacial score (nSPS) is 37.4. The van der Waals surface area contributed by atoms with E-state index in [1.807, 2.05) is 13.1 Å². The molecule has 218 valence electrons. The first-order valence-corrected chi connectivity index (χ1v) is 16.5. The zero-order valence-electron chi connectivity index (χ0n) is 25.8. The van der Waals surface area contributed by atoms with Crippen LogP contribution in [0.3, 0.4) is 0 Å². The predicted molar refractivity (Wildman–Crippen MR) is 159 cm³/mol. The van der Waals surface area contributed by atoms with Crippen LogP contribution in [-0.2, 0) is 16.0 Å². The van der Waals surface area contributed by atoms with Crippen molar-refractivity contribution in [2.45, 2.75) is 119 Å². The second kappa shape index (κ2) is 11.7. The van der Waals surface area contributed by atoms with Crippen molar-refractivity contribution in [3.63, 3.8) is 0 Å². The van der Waals surface area contributed by atoms with Crippen LogP contribution < -0.4 is 0 Å². The number of fused-ring (bicyclic) bond motifs is 5. The number of aromatic amines is 1. The Hall–Kier alpha value is -1.58. The number of hydrogen-bond donors (Lipinski definition) is 1. The number of ether oxygens (including phenoxy) is 1. The van der Waals surface area contributed by atoms with Crippen LogP contribution in [0.15, 0.2) is 24.2 Å². The number of esters is 1. The lowest BCUT2D eigenvalue weighted by Crippen LogP contribution is -2.51. The molecule has 0 aromatic carbocycles. The van der Waals surface area contributed by atoms with Crippen LogP contribution in [0.4, 0.5) is 0 Å². The van der Waals surface area contributed by atoms with Crippen LogP contribution in [0.5, 0.6) is 0 Å². The quantitative estimate of drug-likeness (QED) is 0.240. The molecule has 0 amide bonds. The SMILES string of the molecule is CCOC(=O)C(Cc1cnc[nH]1)[C@H]1CC[C@@]2(C)C(=CCC3C2CC[C@@]2(C)C3CC[C@@H]2[C@H](C)CCCC(C)C)C1. The molecule has 4 heteroatoms. The number of carbonyl (C=O) groups excluding carboxylic acids is 1. The van der Waals surface area contributed by atoms with Gasteiger partial charge in [-0.1, -0.05) is 65.5 Å². The molecule has 9 atom stereocenters. The molecular formula is C35H56N2O2. The van der Waals surface area contributed by atoms with Crippen LogP contribution in [0.2, 0.25) is 0 Å². The van der Waals surface area contributed by atoms with Crippen molar-refractivity contribution in [1.29, 1.82) is 0 Å². The van der Waals surface area contributed by atoms with E-state index in [0.29, 0.717) is 29.8 Å². The summed E-state index contributed by atoms with van der Waals surface area (Å²) < 4.78 is 5.58. The van der Waals surface area contributed by atoms with Crippen molar-refractivity contribution in [3.8, 4) is 0 Å². The molecule has 0 bridgehead atoms. The van der Waals surface area contributed by atoms with Crippen LogP contribution in [0.1, 0.15) is 118 Å². The number of nitrogens with zero attached hydrogens (tertiary/aromatic N) is 1. The maximum absolute atomic E-state index is 13.1. The molecule has 4 nitrogen and oxygen atoms in total. The minimum atomic E-state index is -0.0870. The van der Waals surface area contributed by atoms with E-state index < -0.39 is 0 Å². The lowest BCUT2D eigenvalue weighted by atomic mass is 9.46. The monoisotopic (exact) mass is 536 g/mol. The Morgan fingerprint density at radius 1 is 1.10 bits per heavy atom. The Morgan fingerprint density at radius 2 is 1.92 bits per heavy atom. The molecule has 0 aliphatic heterocycles. The number of hydrogen-bond acceptors (Lipinski definition) is 3. The Balaban J connectivity index is 1.30. The average molecular weight is 537 g/mol. The topological polar surface area (TPSA) is 55.0 Å². The highest BCUT2D eigenvalue weighted by Gasteiger charge is 2.59. The molecule has 1 aromatic heterocycles. The number of nitrogens with one attached hydrogen (secondary N) is 1. The van der Waals surface area contributed by atoms with Gasteiger partial charge in [0.1, 0.15) is 0 Å². The Bertz CT molecular complexity index is 998. The summed E-state index contributed by atoms with van der Waals surface area (Å²) in [6.07, 6.45) is 21.6. The summed E-state index contributed by atoms with van der Waals surface area (Å²) in [5.41, 5.74) is 3.56. The fraction of sp³-hybridized carbons (Fsp3) is 0.829. The molecule has 1 heterocycles. The highest BCUT2D eigenvalue weighted by molar-refractivity contribution is 5.73. The molecule has 0 saturated heterocycles. The number of carbonyl (C=O) groups is 1. The first-order valence-electron chi connectivity index (χ1n) is 16.5. The van der Waals surface area contributed by atoms with E-state index in [1.54, 1.807) is 11.9 Å². The van der Waals surface area contributed by atoms with Crippen LogP contribution in [-0.4, -0.2) is 22.5 Å². The molecule has 4 aliphatic carbocycles. The second-order valence-electron chi connectivity index (χ2n) is 14.9. The summed E-state index contributed by atoms with van der Waals surface area (Å²) in [5.74, 6) is 5.43. The minimum absolute atomic E-state index is 0.0251.